The van der Waals surface area contributed by atoms with Crippen molar-refractivity contribution >= 4 is 17.9 Å². The fraction of sp³-hybridized carbons (Fsp3) is 0.907. The molecule has 0 rings (SSSR count). The van der Waals surface area contributed by atoms with E-state index in [4.69, 9.17) is 14.2 Å². The molecule has 0 aliphatic carbocycles. The summed E-state index contributed by atoms with van der Waals surface area (Å²) < 4.78 is 16.8. The Morgan fingerprint density at radius 2 is 0.567 bits per heavy atom. The number of carbonyl (C=O) groups is 3. The first-order valence-electron chi connectivity index (χ1n) is 26.7. The summed E-state index contributed by atoms with van der Waals surface area (Å²) in [5.74, 6) is -0.858. The molecule has 0 unspecified atom stereocenters. The van der Waals surface area contributed by atoms with Crippen LogP contribution in [0.1, 0.15) is 297 Å². The zero-order valence-electron chi connectivity index (χ0n) is 40.5. The van der Waals surface area contributed by atoms with Crippen LogP contribution >= 0.6 is 0 Å². The van der Waals surface area contributed by atoms with Crippen LogP contribution < -0.4 is 0 Å². The summed E-state index contributed by atoms with van der Waals surface area (Å²) in [6.07, 6.45) is 54.8. The van der Waals surface area contributed by atoms with Crippen molar-refractivity contribution in [3.05, 3.63) is 12.2 Å². The molecular weight excluding hydrogens is 745 g/mol. The summed E-state index contributed by atoms with van der Waals surface area (Å²) in [5, 5.41) is 0. The van der Waals surface area contributed by atoms with Gasteiger partial charge in [0.05, 0.1) is 0 Å². The van der Waals surface area contributed by atoms with Crippen molar-refractivity contribution < 1.29 is 28.6 Å². The molecule has 0 saturated carbocycles. The second kappa shape index (κ2) is 49.8. The summed E-state index contributed by atoms with van der Waals surface area (Å²) in [7, 11) is 0. The highest BCUT2D eigenvalue weighted by Gasteiger charge is 2.19. The molecule has 0 aliphatic heterocycles. The maximum atomic E-state index is 12.8. The summed E-state index contributed by atoms with van der Waals surface area (Å²) in [6.45, 7) is 6.64. The highest BCUT2D eigenvalue weighted by atomic mass is 16.6. The van der Waals surface area contributed by atoms with Gasteiger partial charge in [-0.3, -0.25) is 14.4 Å². The molecule has 0 heterocycles. The highest BCUT2D eigenvalue weighted by Crippen LogP contribution is 2.17. The molecule has 6 heteroatoms. The molecule has 0 bridgehead atoms. The minimum atomic E-state index is -0.766. The van der Waals surface area contributed by atoms with Gasteiger partial charge in [-0.25, -0.2) is 0 Å². The van der Waals surface area contributed by atoms with Crippen LogP contribution in [0.2, 0.25) is 0 Å². The molecular formula is C54H102O6. The van der Waals surface area contributed by atoms with Crippen LogP contribution in [0.25, 0.3) is 0 Å². The van der Waals surface area contributed by atoms with Crippen molar-refractivity contribution in [1.29, 1.82) is 0 Å². The molecule has 0 spiro atoms. The Hall–Kier alpha value is -1.85. The first-order chi connectivity index (χ1) is 29.5. The van der Waals surface area contributed by atoms with E-state index in [0.29, 0.717) is 19.3 Å². The monoisotopic (exact) mass is 847 g/mol. The molecule has 60 heavy (non-hydrogen) atoms. The summed E-state index contributed by atoms with van der Waals surface area (Å²) in [4.78, 5) is 38.0. The van der Waals surface area contributed by atoms with Crippen molar-refractivity contribution in [2.75, 3.05) is 13.2 Å². The second-order valence-electron chi connectivity index (χ2n) is 18.2. The third kappa shape index (κ3) is 47.2. The molecule has 354 valence electrons. The maximum absolute atomic E-state index is 12.8. The van der Waals surface area contributed by atoms with Crippen molar-refractivity contribution in [3.8, 4) is 0 Å². The predicted molar refractivity (Wildman–Crippen MR) is 256 cm³/mol. The average Bonchev–Trinajstić information content (AvgIpc) is 3.24. The van der Waals surface area contributed by atoms with E-state index in [1.54, 1.807) is 0 Å². The van der Waals surface area contributed by atoms with Gasteiger partial charge in [0.25, 0.3) is 0 Å². The first kappa shape index (κ1) is 58.1. The Kier molecular flexibility index (Phi) is 48.3. The number of unbranched alkanes of at least 4 members (excludes halogenated alkanes) is 36. The van der Waals surface area contributed by atoms with E-state index in [-0.39, 0.29) is 31.1 Å². The lowest BCUT2D eigenvalue weighted by molar-refractivity contribution is -0.167. The van der Waals surface area contributed by atoms with E-state index >= 15 is 0 Å². The Balaban J connectivity index is 4.30. The SMILES string of the molecule is CCCC/C=C\CCCCCCCC(=O)OC[C@H](COC(=O)CCCCCCCCCCCCCCCCCC)OC(=O)CCCCCCCCCCCCCCCCC. The molecule has 0 amide bonds. The Morgan fingerprint density at radius 3 is 0.883 bits per heavy atom. The number of allylic oxidation sites excluding steroid dienone is 2. The van der Waals surface area contributed by atoms with Gasteiger partial charge in [-0.15, -0.1) is 0 Å². The minimum absolute atomic E-state index is 0.0670. The van der Waals surface area contributed by atoms with E-state index < -0.39 is 6.10 Å². The van der Waals surface area contributed by atoms with Crippen molar-refractivity contribution in [3.63, 3.8) is 0 Å². The standard InChI is InChI=1S/C54H102O6/c1-4-7-10-13-16-19-22-24-26-28-29-32-35-38-41-44-47-53(56)59-50-51(49-58-52(55)46-43-40-37-34-31-21-18-15-12-9-6-3)60-54(57)48-45-42-39-36-33-30-27-25-23-20-17-14-11-8-5-2/h15,18,51H,4-14,16-17,19-50H2,1-3H3/b18-15-/t51-/m1/s1. The van der Waals surface area contributed by atoms with E-state index in [2.05, 4.69) is 32.9 Å². The largest absolute Gasteiger partial charge is 0.462 e. The molecule has 0 fully saturated rings. The molecule has 0 saturated heterocycles. The van der Waals surface area contributed by atoms with E-state index in [0.717, 1.165) is 64.2 Å². The maximum Gasteiger partial charge on any atom is 0.306 e. The number of esters is 3. The van der Waals surface area contributed by atoms with Crippen LogP contribution in [0, 0.1) is 0 Å². The van der Waals surface area contributed by atoms with Gasteiger partial charge >= 0.3 is 17.9 Å². The molecule has 0 radical (unpaired) electrons. The predicted octanol–water partition coefficient (Wildman–Crippen LogP) is 17.4. The molecule has 0 aromatic heterocycles. The van der Waals surface area contributed by atoms with Crippen LogP contribution in [-0.2, 0) is 28.6 Å². The van der Waals surface area contributed by atoms with Gasteiger partial charge in [-0.05, 0) is 38.5 Å². The highest BCUT2D eigenvalue weighted by molar-refractivity contribution is 5.71. The van der Waals surface area contributed by atoms with Crippen molar-refractivity contribution in [2.45, 2.75) is 303 Å². The van der Waals surface area contributed by atoms with Crippen LogP contribution in [0.4, 0.5) is 0 Å². The van der Waals surface area contributed by atoms with Crippen LogP contribution in [-0.4, -0.2) is 37.2 Å². The molecule has 0 aromatic carbocycles. The molecule has 0 N–H and O–H groups in total. The van der Waals surface area contributed by atoms with Gasteiger partial charge in [0, 0.05) is 19.3 Å². The van der Waals surface area contributed by atoms with Gasteiger partial charge < -0.3 is 14.2 Å². The number of rotatable bonds is 49. The lowest BCUT2D eigenvalue weighted by Crippen LogP contribution is -2.30. The van der Waals surface area contributed by atoms with E-state index in [9.17, 15) is 14.4 Å². The minimum Gasteiger partial charge on any atom is -0.462 e. The third-order valence-corrected chi connectivity index (χ3v) is 12.0. The third-order valence-electron chi connectivity index (χ3n) is 12.0. The Morgan fingerprint density at radius 1 is 0.317 bits per heavy atom. The van der Waals surface area contributed by atoms with Gasteiger partial charge in [-0.1, -0.05) is 251 Å². The number of carbonyl (C=O) groups excluding carboxylic acids is 3. The number of ether oxygens (including phenoxy) is 3. The normalized spacial score (nSPS) is 12.0. The zero-order chi connectivity index (χ0) is 43.7. The number of hydrogen-bond donors (Lipinski definition) is 0. The van der Waals surface area contributed by atoms with Gasteiger partial charge in [0.2, 0.25) is 0 Å². The van der Waals surface area contributed by atoms with Gasteiger partial charge in [0.15, 0.2) is 6.10 Å². The Labute approximate surface area is 373 Å². The summed E-state index contributed by atoms with van der Waals surface area (Å²) in [5.41, 5.74) is 0. The first-order valence-corrected chi connectivity index (χ1v) is 26.7. The van der Waals surface area contributed by atoms with Crippen molar-refractivity contribution in [2.24, 2.45) is 0 Å². The fourth-order valence-electron chi connectivity index (χ4n) is 7.95. The smallest absolute Gasteiger partial charge is 0.306 e. The lowest BCUT2D eigenvalue weighted by atomic mass is 10.0. The topological polar surface area (TPSA) is 78.9 Å². The summed E-state index contributed by atoms with van der Waals surface area (Å²) in [6, 6.07) is 0. The van der Waals surface area contributed by atoms with Crippen molar-refractivity contribution in [1.82, 2.24) is 0 Å². The Bertz CT molecular complexity index is 931. The molecule has 0 aliphatic rings. The number of hydrogen-bond acceptors (Lipinski definition) is 6. The fourth-order valence-corrected chi connectivity index (χ4v) is 7.95. The average molecular weight is 847 g/mol. The molecule has 0 aromatic rings. The van der Waals surface area contributed by atoms with Crippen LogP contribution in [0.15, 0.2) is 12.2 Å². The van der Waals surface area contributed by atoms with Crippen LogP contribution in [0.5, 0.6) is 0 Å². The van der Waals surface area contributed by atoms with E-state index in [1.165, 1.54) is 193 Å². The lowest BCUT2D eigenvalue weighted by Gasteiger charge is -2.18. The second-order valence-corrected chi connectivity index (χ2v) is 18.2. The molecule has 1 atom stereocenters. The molecule has 6 nitrogen and oxygen atoms in total. The zero-order valence-corrected chi connectivity index (χ0v) is 40.5. The van der Waals surface area contributed by atoms with E-state index in [1.807, 2.05) is 0 Å². The quantitative estimate of drug-likeness (QED) is 0.0263. The van der Waals surface area contributed by atoms with Gasteiger partial charge in [-0.2, -0.15) is 0 Å². The summed E-state index contributed by atoms with van der Waals surface area (Å²) >= 11 is 0. The van der Waals surface area contributed by atoms with Crippen LogP contribution in [0.3, 0.4) is 0 Å². The van der Waals surface area contributed by atoms with Gasteiger partial charge in [0.1, 0.15) is 13.2 Å².